The zero-order valence-electron chi connectivity index (χ0n) is 12.2. The van der Waals surface area contributed by atoms with Crippen LogP contribution in [0.4, 0.5) is 11.8 Å². The van der Waals surface area contributed by atoms with Gasteiger partial charge in [0.25, 0.3) is 5.56 Å². The molecule has 23 heavy (non-hydrogen) atoms. The molecule has 0 fully saturated rings. The topological polar surface area (TPSA) is 101 Å². The first-order valence-electron chi connectivity index (χ1n) is 7.30. The summed E-state index contributed by atoms with van der Waals surface area (Å²) in [5.74, 6) is -0.275. The highest BCUT2D eigenvalue weighted by atomic mass is 16.2. The Morgan fingerprint density at radius 3 is 2.74 bits per heavy atom. The Bertz CT molecular complexity index is 988. The van der Waals surface area contributed by atoms with E-state index in [0.717, 1.165) is 16.3 Å². The van der Waals surface area contributed by atoms with Crippen LogP contribution in [0.3, 0.4) is 0 Å². The molecule has 1 aliphatic rings. The number of aromatic nitrogens is 2. The van der Waals surface area contributed by atoms with Crippen LogP contribution in [-0.4, -0.2) is 15.9 Å². The SMILES string of the molecule is Nc1nc2c(c(=O)[nH]1)C(c1cccc3ccccc13)CC(=O)N2. The number of H-pyrrole nitrogens is 1. The Balaban J connectivity index is 2.00. The Kier molecular flexibility index (Phi) is 2.90. The van der Waals surface area contributed by atoms with Gasteiger partial charge in [-0.2, -0.15) is 4.98 Å². The van der Waals surface area contributed by atoms with Crippen molar-refractivity contribution in [1.29, 1.82) is 0 Å². The number of nitrogens with zero attached hydrogens (tertiary/aromatic N) is 1. The molecule has 114 valence electrons. The number of carbonyl (C=O) groups excluding carboxylic acids is 1. The fourth-order valence-corrected chi connectivity index (χ4v) is 3.21. The fraction of sp³-hybridized carbons (Fsp3) is 0.118. The number of hydrogen-bond acceptors (Lipinski definition) is 4. The number of nitrogens with two attached hydrogens (primary N) is 1. The van der Waals surface area contributed by atoms with E-state index < -0.39 is 0 Å². The van der Waals surface area contributed by atoms with Crippen molar-refractivity contribution in [2.75, 3.05) is 11.1 Å². The molecule has 0 bridgehead atoms. The zero-order valence-corrected chi connectivity index (χ0v) is 12.2. The highest BCUT2D eigenvalue weighted by Gasteiger charge is 2.31. The standard InChI is InChI=1S/C17H14N4O2/c18-17-20-15-14(16(23)21-17)12(8-13(22)19-15)11-7-3-5-9-4-1-2-6-10(9)11/h1-7,12H,8H2,(H4,18,19,20,21,22,23). The second-order valence-electron chi connectivity index (χ2n) is 5.59. The van der Waals surface area contributed by atoms with Crippen LogP contribution in [0.1, 0.15) is 23.5 Å². The molecule has 0 saturated heterocycles. The Hall–Kier alpha value is -3.15. The molecule has 3 aromatic rings. The monoisotopic (exact) mass is 306 g/mol. The van der Waals surface area contributed by atoms with Crippen molar-refractivity contribution in [2.24, 2.45) is 0 Å². The van der Waals surface area contributed by atoms with Gasteiger partial charge in [0.1, 0.15) is 5.82 Å². The first-order chi connectivity index (χ1) is 11.1. The van der Waals surface area contributed by atoms with Gasteiger partial charge in [-0.25, -0.2) is 0 Å². The second-order valence-corrected chi connectivity index (χ2v) is 5.59. The van der Waals surface area contributed by atoms with Gasteiger partial charge in [0.15, 0.2) is 0 Å². The summed E-state index contributed by atoms with van der Waals surface area (Å²) in [7, 11) is 0. The van der Waals surface area contributed by atoms with Gasteiger partial charge in [-0.15, -0.1) is 0 Å². The maximum Gasteiger partial charge on any atom is 0.258 e. The molecule has 1 aromatic heterocycles. The van der Waals surface area contributed by atoms with Crippen LogP contribution in [0, 0.1) is 0 Å². The van der Waals surface area contributed by atoms with E-state index in [1.54, 1.807) is 0 Å². The summed E-state index contributed by atoms with van der Waals surface area (Å²) in [5, 5.41) is 4.73. The van der Waals surface area contributed by atoms with Crippen molar-refractivity contribution in [3.63, 3.8) is 0 Å². The van der Waals surface area contributed by atoms with Crippen LogP contribution in [0.15, 0.2) is 47.3 Å². The van der Waals surface area contributed by atoms with E-state index in [-0.39, 0.29) is 35.6 Å². The molecule has 6 nitrogen and oxygen atoms in total. The van der Waals surface area contributed by atoms with Gasteiger partial charge in [-0.3, -0.25) is 14.6 Å². The number of aromatic amines is 1. The van der Waals surface area contributed by atoms with Crippen LogP contribution in [-0.2, 0) is 4.79 Å². The molecule has 0 spiro atoms. The molecule has 0 saturated carbocycles. The minimum Gasteiger partial charge on any atom is -0.369 e. The molecule has 1 amide bonds. The van der Waals surface area contributed by atoms with Crippen molar-refractivity contribution in [3.05, 3.63) is 63.9 Å². The molecule has 2 aromatic carbocycles. The van der Waals surface area contributed by atoms with E-state index in [1.165, 1.54) is 0 Å². The summed E-state index contributed by atoms with van der Waals surface area (Å²) in [6, 6.07) is 13.8. The Morgan fingerprint density at radius 2 is 1.87 bits per heavy atom. The van der Waals surface area contributed by atoms with Crippen molar-refractivity contribution >= 4 is 28.4 Å². The lowest BCUT2D eigenvalue weighted by atomic mass is 9.84. The zero-order chi connectivity index (χ0) is 16.0. The third-order valence-electron chi connectivity index (χ3n) is 4.17. The lowest BCUT2D eigenvalue weighted by Crippen LogP contribution is -2.31. The van der Waals surface area contributed by atoms with Crippen LogP contribution in [0.25, 0.3) is 10.8 Å². The molecular weight excluding hydrogens is 292 g/mol. The quantitative estimate of drug-likeness (QED) is 0.640. The third-order valence-corrected chi connectivity index (χ3v) is 4.17. The van der Waals surface area contributed by atoms with Gasteiger partial charge in [0, 0.05) is 12.3 Å². The van der Waals surface area contributed by atoms with E-state index in [1.807, 2.05) is 42.5 Å². The van der Waals surface area contributed by atoms with Crippen molar-refractivity contribution in [2.45, 2.75) is 12.3 Å². The van der Waals surface area contributed by atoms with Crippen LogP contribution in [0.5, 0.6) is 0 Å². The van der Waals surface area contributed by atoms with Crippen LogP contribution < -0.4 is 16.6 Å². The van der Waals surface area contributed by atoms with Gasteiger partial charge < -0.3 is 11.1 Å². The third kappa shape index (κ3) is 2.15. The summed E-state index contributed by atoms with van der Waals surface area (Å²) in [5.41, 5.74) is 6.67. The number of anilines is 2. The second kappa shape index (κ2) is 4.95. The maximum atomic E-state index is 12.4. The van der Waals surface area contributed by atoms with Gasteiger partial charge in [-0.1, -0.05) is 42.5 Å². The Morgan fingerprint density at radius 1 is 1.09 bits per heavy atom. The van der Waals surface area contributed by atoms with Crippen LogP contribution in [0.2, 0.25) is 0 Å². The van der Waals surface area contributed by atoms with Gasteiger partial charge in [0.2, 0.25) is 11.9 Å². The van der Waals surface area contributed by atoms with E-state index in [0.29, 0.717) is 5.56 Å². The molecule has 0 aliphatic carbocycles. The van der Waals surface area contributed by atoms with E-state index in [2.05, 4.69) is 15.3 Å². The average Bonchev–Trinajstić information content (AvgIpc) is 2.52. The fourth-order valence-electron chi connectivity index (χ4n) is 3.21. The molecule has 4 rings (SSSR count). The van der Waals surface area contributed by atoms with Crippen molar-refractivity contribution in [1.82, 2.24) is 9.97 Å². The number of amides is 1. The van der Waals surface area contributed by atoms with Crippen molar-refractivity contribution < 1.29 is 4.79 Å². The predicted molar refractivity (Wildman–Crippen MR) is 88.3 cm³/mol. The van der Waals surface area contributed by atoms with Crippen molar-refractivity contribution in [3.8, 4) is 0 Å². The van der Waals surface area contributed by atoms with Gasteiger partial charge in [-0.05, 0) is 16.3 Å². The van der Waals surface area contributed by atoms with E-state index >= 15 is 0 Å². The summed E-state index contributed by atoms with van der Waals surface area (Å²) < 4.78 is 0. The highest BCUT2D eigenvalue weighted by Crippen LogP contribution is 2.37. The highest BCUT2D eigenvalue weighted by molar-refractivity contribution is 5.96. The average molecular weight is 306 g/mol. The number of carbonyl (C=O) groups is 1. The Labute approximate surface area is 131 Å². The number of rotatable bonds is 1. The smallest absolute Gasteiger partial charge is 0.258 e. The normalized spacial score (nSPS) is 16.9. The number of hydrogen-bond donors (Lipinski definition) is 3. The number of nitrogens with one attached hydrogen (secondary N) is 2. The first kappa shape index (κ1) is 13.5. The molecule has 6 heteroatoms. The summed E-state index contributed by atoms with van der Waals surface area (Å²) in [6.45, 7) is 0. The molecule has 4 N–H and O–H groups in total. The lowest BCUT2D eigenvalue weighted by Gasteiger charge is -2.25. The van der Waals surface area contributed by atoms with Gasteiger partial charge >= 0.3 is 0 Å². The van der Waals surface area contributed by atoms with Crippen LogP contribution >= 0.6 is 0 Å². The van der Waals surface area contributed by atoms with Gasteiger partial charge in [0.05, 0.1) is 5.56 Å². The number of benzene rings is 2. The minimum atomic E-state index is -0.346. The first-order valence-corrected chi connectivity index (χ1v) is 7.30. The molecule has 1 aliphatic heterocycles. The lowest BCUT2D eigenvalue weighted by molar-refractivity contribution is -0.116. The molecule has 1 unspecified atom stereocenters. The predicted octanol–water partition coefficient (Wildman–Crippen LogP) is 1.98. The summed E-state index contributed by atoms with van der Waals surface area (Å²) in [6.07, 6.45) is 0.204. The molecule has 2 heterocycles. The maximum absolute atomic E-state index is 12.4. The minimum absolute atomic E-state index is 0.00683. The molecule has 1 atom stereocenters. The molecular formula is C17H14N4O2. The largest absolute Gasteiger partial charge is 0.369 e. The molecule has 0 radical (unpaired) electrons. The number of nitrogen functional groups attached to an aromatic ring is 1. The number of fused-ring (bicyclic) bond motifs is 2. The summed E-state index contributed by atoms with van der Waals surface area (Å²) >= 11 is 0. The van der Waals surface area contributed by atoms with E-state index in [9.17, 15) is 9.59 Å². The van der Waals surface area contributed by atoms with E-state index in [4.69, 9.17) is 5.73 Å². The summed E-state index contributed by atoms with van der Waals surface area (Å²) in [4.78, 5) is 31.0.